The van der Waals surface area contributed by atoms with E-state index in [1.54, 1.807) is 0 Å². The topological polar surface area (TPSA) is 97.2 Å². The summed E-state index contributed by atoms with van der Waals surface area (Å²) >= 11 is 1.43. The van der Waals surface area contributed by atoms with E-state index < -0.39 is 0 Å². The van der Waals surface area contributed by atoms with Crippen molar-refractivity contribution in [3.63, 3.8) is 0 Å². The van der Waals surface area contributed by atoms with Crippen LogP contribution in [0, 0.1) is 0 Å². The number of rotatable bonds is 6. The molecule has 0 unspecified atom stereocenters. The van der Waals surface area contributed by atoms with Gasteiger partial charge in [-0.3, -0.25) is 4.79 Å². The summed E-state index contributed by atoms with van der Waals surface area (Å²) < 4.78 is 5.76. The largest absolute Gasteiger partial charge is 0.490 e. The Hall–Kier alpha value is -2.58. The molecule has 0 atom stereocenters. The fourth-order valence-electron chi connectivity index (χ4n) is 2.92. The van der Waals surface area contributed by atoms with Crippen molar-refractivity contribution in [2.45, 2.75) is 13.5 Å². The zero-order valence-corrected chi connectivity index (χ0v) is 15.8. The molecule has 3 rings (SSSR count). The van der Waals surface area contributed by atoms with Gasteiger partial charge in [0.25, 0.3) is 0 Å². The number of hydrogen-bond acceptors (Lipinski definition) is 7. The Kier molecular flexibility index (Phi) is 5.43. The fraction of sp³-hybridized carbons (Fsp3) is 0.333. The van der Waals surface area contributed by atoms with Crippen LogP contribution in [0.25, 0.3) is 0 Å². The average molecular weight is 373 g/mol. The molecule has 0 saturated carbocycles. The van der Waals surface area contributed by atoms with Crippen molar-refractivity contribution in [1.29, 1.82) is 0 Å². The summed E-state index contributed by atoms with van der Waals surface area (Å²) in [5.74, 6) is 0.840. The van der Waals surface area contributed by atoms with Crippen LogP contribution < -0.4 is 26.0 Å². The predicted octanol–water partition coefficient (Wildman–Crippen LogP) is 2.38. The molecule has 0 spiro atoms. The Labute approximate surface area is 156 Å². The molecule has 8 heteroatoms. The van der Waals surface area contributed by atoms with E-state index in [0.29, 0.717) is 24.4 Å². The molecule has 7 nitrogen and oxygen atoms in total. The molecule has 0 bridgehead atoms. The Balaban J connectivity index is 2.01. The van der Waals surface area contributed by atoms with Crippen molar-refractivity contribution in [1.82, 2.24) is 0 Å². The third-order valence-electron chi connectivity index (χ3n) is 4.33. The number of nitrogens with zero attached hydrogens (tertiary/aromatic N) is 3. The van der Waals surface area contributed by atoms with E-state index in [1.165, 1.54) is 11.3 Å². The number of likely N-dealkylation sites (N-methyl/N-ethyl adjacent to an activating group) is 1. The van der Waals surface area contributed by atoms with Crippen LogP contribution in [0.4, 0.5) is 22.1 Å². The highest BCUT2D eigenvalue weighted by atomic mass is 32.1. The normalized spacial score (nSPS) is 14.0. The predicted molar refractivity (Wildman–Crippen MR) is 107 cm³/mol. The van der Waals surface area contributed by atoms with Crippen LogP contribution in [-0.2, 0) is 11.3 Å². The van der Waals surface area contributed by atoms with Crippen molar-refractivity contribution in [2.24, 2.45) is 16.5 Å². The lowest BCUT2D eigenvalue weighted by Gasteiger charge is -2.31. The van der Waals surface area contributed by atoms with Crippen LogP contribution in [0.5, 0.6) is 5.75 Å². The van der Waals surface area contributed by atoms with Gasteiger partial charge in [0.1, 0.15) is 17.4 Å². The summed E-state index contributed by atoms with van der Waals surface area (Å²) in [7, 11) is 1.96. The summed E-state index contributed by atoms with van der Waals surface area (Å²) in [6.45, 7) is 5.03. The van der Waals surface area contributed by atoms with Crippen LogP contribution in [0.2, 0.25) is 0 Å². The molecule has 0 radical (unpaired) electrons. The Morgan fingerprint density at radius 3 is 2.96 bits per heavy atom. The lowest BCUT2D eigenvalue weighted by atomic mass is 10.2. The highest BCUT2D eigenvalue weighted by Gasteiger charge is 2.20. The summed E-state index contributed by atoms with van der Waals surface area (Å²) in [4.78, 5) is 20.4. The molecule has 0 aliphatic carbocycles. The van der Waals surface area contributed by atoms with Gasteiger partial charge in [0.2, 0.25) is 0 Å². The molecular formula is C18H23N5O2S. The van der Waals surface area contributed by atoms with Crippen molar-refractivity contribution in [2.75, 3.05) is 36.5 Å². The second-order valence-electron chi connectivity index (χ2n) is 5.90. The maximum absolute atomic E-state index is 10.9. The number of fused-ring (bicyclic) bond motifs is 1. The molecule has 1 aromatic heterocycles. The van der Waals surface area contributed by atoms with E-state index >= 15 is 0 Å². The summed E-state index contributed by atoms with van der Waals surface area (Å²) in [5.41, 5.74) is 14.3. The molecule has 0 fully saturated rings. The van der Waals surface area contributed by atoms with Gasteiger partial charge in [-0.2, -0.15) is 0 Å². The summed E-state index contributed by atoms with van der Waals surface area (Å²) in [6, 6.07) is 8.08. The molecule has 138 valence electrons. The minimum Gasteiger partial charge on any atom is -0.490 e. The van der Waals surface area contributed by atoms with Crippen LogP contribution in [0.15, 0.2) is 29.3 Å². The van der Waals surface area contributed by atoms with E-state index in [9.17, 15) is 4.79 Å². The Morgan fingerprint density at radius 1 is 1.46 bits per heavy atom. The smallest absolute Gasteiger partial charge is 0.184 e. The quantitative estimate of drug-likeness (QED) is 0.458. The highest BCUT2D eigenvalue weighted by molar-refractivity contribution is 7.16. The number of hydrogen-bond donors (Lipinski definition) is 2. The van der Waals surface area contributed by atoms with Crippen molar-refractivity contribution >= 4 is 45.5 Å². The van der Waals surface area contributed by atoms with Crippen LogP contribution in [0.3, 0.4) is 0 Å². The zero-order chi connectivity index (χ0) is 18.7. The minimum atomic E-state index is -0.0546. The number of aldehydes is 1. The van der Waals surface area contributed by atoms with Gasteiger partial charge in [0.15, 0.2) is 12.1 Å². The first kappa shape index (κ1) is 18.2. The lowest BCUT2D eigenvalue weighted by molar-refractivity contribution is -0.102. The number of aliphatic imine (C=N–C) groups is 1. The number of thiophene rings is 1. The maximum Gasteiger partial charge on any atom is 0.184 e. The third kappa shape index (κ3) is 3.51. The van der Waals surface area contributed by atoms with Crippen LogP contribution >= 0.6 is 11.3 Å². The highest BCUT2D eigenvalue weighted by Crippen LogP contribution is 2.42. The van der Waals surface area contributed by atoms with E-state index in [4.69, 9.17) is 16.2 Å². The molecule has 1 aliphatic rings. The van der Waals surface area contributed by atoms with Gasteiger partial charge in [0, 0.05) is 30.7 Å². The third-order valence-corrected chi connectivity index (χ3v) is 5.37. The van der Waals surface area contributed by atoms with Crippen molar-refractivity contribution in [3.05, 3.63) is 29.1 Å². The van der Waals surface area contributed by atoms with Gasteiger partial charge in [-0.05, 0) is 31.2 Å². The fourth-order valence-corrected chi connectivity index (χ4v) is 3.88. The standard InChI is InChI=1S/C18H23N5O2S/c1-3-23-6-7-25-16-5-4-12(8-14(16)23)22(2)15-9-13(10-19)26-18(15)21-17(20)11-24/h4-5,8-9,11H,3,6-7,10,19H2,1-2H3,(H2,20,21). The second kappa shape index (κ2) is 7.76. The van der Waals surface area contributed by atoms with Crippen molar-refractivity contribution in [3.8, 4) is 5.75 Å². The summed E-state index contributed by atoms with van der Waals surface area (Å²) in [5, 5.41) is 0.666. The SMILES string of the molecule is CCN1CCOc2ccc(N(C)c3cc(CN)sc3/N=C(/N)C=O)cc21. The van der Waals surface area contributed by atoms with Crippen LogP contribution in [0.1, 0.15) is 11.8 Å². The molecule has 2 aromatic rings. The molecule has 4 N–H and O–H groups in total. The second-order valence-corrected chi connectivity index (χ2v) is 7.02. The van der Waals surface area contributed by atoms with Crippen molar-refractivity contribution < 1.29 is 9.53 Å². The molecule has 26 heavy (non-hydrogen) atoms. The average Bonchev–Trinajstić information content (AvgIpc) is 3.09. The van der Waals surface area contributed by atoms with Gasteiger partial charge in [0.05, 0.1) is 17.9 Å². The number of carbonyl (C=O) groups excluding carboxylic acids is 1. The first-order chi connectivity index (χ1) is 12.6. The number of nitrogens with two attached hydrogens (primary N) is 2. The van der Waals surface area contributed by atoms with E-state index in [0.717, 1.165) is 40.8 Å². The van der Waals surface area contributed by atoms with Gasteiger partial charge in [-0.15, -0.1) is 11.3 Å². The maximum atomic E-state index is 10.9. The zero-order valence-electron chi connectivity index (χ0n) is 14.9. The summed E-state index contributed by atoms with van der Waals surface area (Å²) in [6.07, 6.45) is 0.543. The van der Waals surface area contributed by atoms with Gasteiger partial charge in [-0.25, -0.2) is 4.99 Å². The lowest BCUT2D eigenvalue weighted by Crippen LogP contribution is -2.32. The van der Waals surface area contributed by atoms with Crippen LogP contribution in [-0.4, -0.2) is 38.9 Å². The Morgan fingerprint density at radius 2 is 2.27 bits per heavy atom. The molecule has 0 amide bonds. The minimum absolute atomic E-state index is 0.0546. The number of benzene rings is 1. The van der Waals surface area contributed by atoms with Gasteiger partial charge >= 0.3 is 0 Å². The van der Waals surface area contributed by atoms with E-state index in [1.807, 2.05) is 30.1 Å². The van der Waals surface area contributed by atoms with E-state index in [-0.39, 0.29) is 5.84 Å². The number of anilines is 3. The molecule has 1 aliphatic heterocycles. The van der Waals surface area contributed by atoms with Gasteiger partial charge in [-0.1, -0.05) is 0 Å². The molecule has 2 heterocycles. The number of carbonyl (C=O) groups is 1. The molecule has 1 aromatic carbocycles. The number of amidine groups is 1. The molecule has 0 saturated heterocycles. The van der Waals surface area contributed by atoms with E-state index in [2.05, 4.69) is 22.9 Å². The first-order valence-electron chi connectivity index (χ1n) is 8.45. The Bertz CT molecular complexity index is 833. The first-order valence-corrected chi connectivity index (χ1v) is 9.26. The van der Waals surface area contributed by atoms with Gasteiger partial charge < -0.3 is 26.0 Å². The monoisotopic (exact) mass is 373 g/mol. The number of ether oxygens (including phenoxy) is 1. The molecular weight excluding hydrogens is 350 g/mol.